The summed E-state index contributed by atoms with van der Waals surface area (Å²) in [4.78, 5) is 123. The molecular formula is C78H88ClN11O23S. The molecule has 606 valence electrons. The predicted molar refractivity (Wildman–Crippen MR) is 400 cm³/mol. The fourth-order valence-corrected chi connectivity index (χ4v) is 18.3. The molecule has 0 unspecified atom stereocenters. The highest BCUT2D eigenvalue weighted by Crippen LogP contribution is 2.56. The zero-order chi connectivity index (χ0) is 81.3. The van der Waals surface area contributed by atoms with Gasteiger partial charge in [0.15, 0.2) is 11.5 Å². The molecule has 6 aromatic rings. The number of benzene rings is 6. The molecule has 17 rings (SSSR count). The number of phenolic OH excluding ortho intramolecular Hbond substituents is 1. The Morgan fingerprint density at radius 3 is 1.97 bits per heavy atom. The van der Waals surface area contributed by atoms with Gasteiger partial charge in [0.25, 0.3) is 10.0 Å². The third kappa shape index (κ3) is 16.0. The van der Waals surface area contributed by atoms with Crippen molar-refractivity contribution in [1.82, 2.24) is 47.3 Å². The lowest BCUT2D eigenvalue weighted by Crippen LogP contribution is -2.60. The van der Waals surface area contributed by atoms with Gasteiger partial charge in [-0.05, 0) is 193 Å². The quantitative estimate of drug-likeness (QED) is 0.0552. The van der Waals surface area contributed by atoms with Crippen LogP contribution in [0.25, 0.3) is 11.1 Å². The van der Waals surface area contributed by atoms with Crippen LogP contribution in [0.4, 0.5) is 0 Å². The second kappa shape index (κ2) is 32.3. The lowest BCUT2D eigenvalue weighted by atomic mass is 9.54. The summed E-state index contributed by atoms with van der Waals surface area (Å²) >= 11 is 7.09. The van der Waals surface area contributed by atoms with Gasteiger partial charge >= 0.3 is 0 Å². The number of aliphatic hydroxyl groups is 7. The highest BCUT2D eigenvalue weighted by Gasteiger charge is 2.52. The predicted octanol–water partition coefficient (Wildman–Crippen LogP) is 0.483. The third-order valence-corrected chi connectivity index (χ3v) is 24.2. The average molecular weight is 1620 g/mol. The lowest BCUT2D eigenvalue weighted by molar-refractivity contribution is -0.270. The van der Waals surface area contributed by atoms with E-state index in [1.165, 1.54) is 73.8 Å². The molecule has 6 aliphatic heterocycles. The van der Waals surface area contributed by atoms with Crippen LogP contribution in [0.15, 0.2) is 114 Å². The van der Waals surface area contributed by atoms with E-state index >= 15 is 28.8 Å². The SMILES string of the molecule is CN[C@H](CC(C)C)C(=O)N[C@H]1C(=O)N[C@@H](CC(=O)NS(=O)(=O)c2ccc(OCCN)cc2)C(=O)N[C@H]2C(=O)N[C@H]3C(=O)N[C@H](C(=O)N[C@H](C(=O)NC4C5CC6CC(C5)CC4C6)c4cc(O)cc5c4-c4cc3ccc4C5(O)O)[C@H](O)c3ccc(cc3)Oc3cc2cc(c3O[C@@H]2O[C@H](CN)[C@@H](O)[C@H](O)[C@H]2O)Oc2ccc(cc2Cl)[C@H]1O. The van der Waals surface area contributed by atoms with Gasteiger partial charge in [-0.3, -0.25) is 38.4 Å². The number of aromatic hydroxyl groups is 1. The van der Waals surface area contributed by atoms with Gasteiger partial charge in [-0.25, -0.2) is 13.1 Å². The molecule has 34 nitrogen and oxygen atoms in total. The van der Waals surface area contributed by atoms with Crippen LogP contribution < -0.4 is 77.7 Å². The first kappa shape index (κ1) is 80.5. The Morgan fingerprint density at radius 2 is 1.32 bits per heavy atom. The maximum absolute atomic E-state index is 16.4. The number of rotatable bonds is 17. The van der Waals surface area contributed by atoms with Gasteiger partial charge in [-0.1, -0.05) is 55.8 Å². The second-order valence-electron chi connectivity index (χ2n) is 30.6. The number of amides is 8. The number of phenols is 1. The van der Waals surface area contributed by atoms with E-state index in [1.54, 1.807) is 0 Å². The first-order valence-electron chi connectivity index (χ1n) is 37.4. The van der Waals surface area contributed by atoms with Gasteiger partial charge in [0, 0.05) is 30.3 Å². The zero-order valence-corrected chi connectivity index (χ0v) is 63.2. The van der Waals surface area contributed by atoms with E-state index in [0.29, 0.717) is 11.8 Å². The van der Waals surface area contributed by atoms with Crippen LogP contribution in [-0.2, 0) is 58.9 Å². The number of halogens is 1. The number of sulfonamides is 1. The normalized spacial score (nSPS) is 28.9. The molecule has 4 saturated carbocycles. The number of carbonyl (C=O) groups is 8. The van der Waals surface area contributed by atoms with Crippen LogP contribution in [-0.4, -0.2) is 184 Å². The van der Waals surface area contributed by atoms with Crippen LogP contribution in [0.3, 0.4) is 0 Å². The smallest absolute Gasteiger partial charge is 0.264 e. The molecule has 0 radical (unpaired) electrons. The number of aliphatic hydroxyl groups excluding tert-OH is 5. The molecule has 36 heteroatoms. The summed E-state index contributed by atoms with van der Waals surface area (Å²) in [5.41, 5.74) is 9.57. The molecule has 1 saturated heterocycles. The number of ether oxygens (including phenoxy) is 5. The van der Waals surface area contributed by atoms with Crippen molar-refractivity contribution in [2.45, 2.75) is 161 Å². The van der Waals surface area contributed by atoms with Gasteiger partial charge in [0.1, 0.15) is 102 Å². The first-order chi connectivity index (χ1) is 54.3. The molecule has 14 atom stereocenters. The van der Waals surface area contributed by atoms with Crippen molar-refractivity contribution in [3.8, 4) is 51.4 Å². The highest BCUT2D eigenvalue weighted by atomic mass is 35.5. The van der Waals surface area contributed by atoms with Crippen molar-refractivity contribution in [2.75, 3.05) is 26.7 Å². The van der Waals surface area contributed by atoms with E-state index in [4.69, 9.17) is 46.8 Å². The lowest BCUT2D eigenvalue weighted by Gasteiger charge is -2.54. The Bertz CT molecular complexity index is 4880. The molecule has 5 fully saturated rings. The Hall–Kier alpha value is -10.1. The van der Waals surface area contributed by atoms with Crippen LogP contribution >= 0.6 is 11.6 Å². The molecule has 8 amide bonds. The molecule has 6 heterocycles. The topological polar surface area (TPSA) is 539 Å². The fourth-order valence-electron chi connectivity index (χ4n) is 17.0. The number of fused-ring (bicyclic) bond motifs is 12. The molecule has 0 aromatic heterocycles. The van der Waals surface area contributed by atoms with Crippen molar-refractivity contribution >= 4 is 68.9 Å². The van der Waals surface area contributed by atoms with Crippen molar-refractivity contribution in [2.24, 2.45) is 41.1 Å². The Balaban J connectivity index is 0.949. The Morgan fingerprint density at radius 1 is 0.667 bits per heavy atom. The van der Waals surface area contributed by atoms with Crippen molar-refractivity contribution in [3.63, 3.8) is 0 Å². The summed E-state index contributed by atoms with van der Waals surface area (Å²) < 4.78 is 61.2. The van der Waals surface area contributed by atoms with Gasteiger partial charge in [-0.2, -0.15) is 0 Å². The summed E-state index contributed by atoms with van der Waals surface area (Å²) in [5, 5.41) is 116. The minimum absolute atomic E-state index is 0.0602. The maximum Gasteiger partial charge on any atom is 0.264 e. The molecule has 6 aromatic carbocycles. The second-order valence-corrected chi connectivity index (χ2v) is 32.7. The fraction of sp³-hybridized carbons (Fsp3) is 0.436. The number of nitrogens with two attached hydrogens (primary N) is 2. The summed E-state index contributed by atoms with van der Waals surface area (Å²) in [6, 6.07) is 6.90. The minimum atomic E-state index is -4.89. The van der Waals surface area contributed by atoms with Gasteiger partial charge in [0.05, 0.1) is 22.4 Å². The summed E-state index contributed by atoms with van der Waals surface area (Å²) in [7, 11) is -3.42. The van der Waals surface area contributed by atoms with E-state index in [2.05, 4.69) is 42.5 Å². The van der Waals surface area contributed by atoms with E-state index in [-0.39, 0.29) is 110 Å². The van der Waals surface area contributed by atoms with E-state index in [9.17, 15) is 58.9 Å². The standard InChI is InChI=1S/C78H88ClN11O23S/c1-32(2)18-50(82-3)70(98)88-63-65(94)37-7-15-52(49(79)25-37)111-54-27-40-26-53(69(54)113-77-68(97)67(96)66(95)55(31-81)112-77)110-43-8-4-35(5-9-43)64(93)62-76(104)87-61(74(102)84-58-38-20-33-19-34(22-38)23-39(58)21-33)46-28-41(91)29-48-57(46)45-24-36(6-14-47(45)78(48,105)106)59(72(100)89-62)86-73(101)60(40)85-71(99)51(83-75(63)103)30-56(92)90-114(107,108)44-12-10-42(11-13-44)109-17-16-80/h4-15,24-29,32-34,38-39,50-51,55,58-68,77,82,91,93-97,105-106H,16-23,30-31,80-81H2,1-3H3,(H,83,103)(H,84,102)(H,85,99)(H,86,101)(H,87,104)(H,88,98)(H,89,100)(H,90,92)/t33?,34?,38?,39?,50-,51+,55-,58?,59-,60-,61+,62+,63-,64-,65-,66-,67+,68-,77+/m1/s1. The van der Waals surface area contributed by atoms with E-state index in [0.717, 1.165) is 74.6 Å². The van der Waals surface area contributed by atoms with Crippen LogP contribution in [0.5, 0.6) is 40.2 Å². The molecule has 0 spiro atoms. The minimum Gasteiger partial charge on any atom is -0.508 e. The first-order valence-corrected chi connectivity index (χ1v) is 39.3. The van der Waals surface area contributed by atoms with Crippen molar-refractivity contribution in [3.05, 3.63) is 153 Å². The monoisotopic (exact) mass is 1610 g/mol. The van der Waals surface area contributed by atoms with Crippen LogP contribution in [0, 0.1) is 29.6 Å². The molecule has 11 aliphatic rings. The Kier molecular flexibility index (Phi) is 22.8. The molecule has 114 heavy (non-hydrogen) atoms. The number of hydrogen-bond donors (Lipinski definition) is 19. The van der Waals surface area contributed by atoms with Gasteiger partial charge < -0.3 is 119 Å². The number of hydrogen-bond acceptors (Lipinski definition) is 26. The van der Waals surface area contributed by atoms with Gasteiger partial charge in [0.2, 0.25) is 65.1 Å². The molecule has 15 bridgehead atoms. The maximum atomic E-state index is 16.4. The molecule has 5 aliphatic carbocycles. The third-order valence-electron chi connectivity index (χ3n) is 22.5. The molecular weight excluding hydrogens is 1530 g/mol. The highest BCUT2D eigenvalue weighted by molar-refractivity contribution is 7.90. The zero-order valence-electron chi connectivity index (χ0n) is 61.7. The number of nitrogens with one attached hydrogen (secondary N) is 9. The van der Waals surface area contributed by atoms with Crippen LogP contribution in [0.2, 0.25) is 5.02 Å². The largest absolute Gasteiger partial charge is 0.508 e. The molecule has 21 N–H and O–H groups in total. The summed E-state index contributed by atoms with van der Waals surface area (Å²) in [5.74, 6) is -14.6. The van der Waals surface area contributed by atoms with E-state index in [1.807, 2.05) is 18.6 Å². The summed E-state index contributed by atoms with van der Waals surface area (Å²) in [6.07, 6.45) is -10.2. The van der Waals surface area contributed by atoms with Crippen molar-refractivity contribution in [1.29, 1.82) is 0 Å². The van der Waals surface area contributed by atoms with Crippen LogP contribution in [0.1, 0.15) is 128 Å². The summed E-state index contributed by atoms with van der Waals surface area (Å²) in [6.45, 7) is 3.34. The van der Waals surface area contributed by atoms with Gasteiger partial charge in [-0.15, -0.1) is 0 Å². The van der Waals surface area contributed by atoms with E-state index < -0.39 is 195 Å². The average Bonchev–Trinajstić information content (AvgIpc) is 1.55. The Labute approximate surface area is 657 Å². The number of carbonyl (C=O) groups excluding carboxylic acids is 8. The van der Waals surface area contributed by atoms with Crippen molar-refractivity contribution < 1.29 is 111 Å². The number of likely N-dealkylation sites (N-methyl/N-ethyl adjacent to an activating group) is 1.